The number of benzene rings is 1. The lowest BCUT2D eigenvalue weighted by atomic mass is 10.1. The Balaban J connectivity index is 1.74. The van der Waals surface area contributed by atoms with Gasteiger partial charge < -0.3 is 31.0 Å². The van der Waals surface area contributed by atoms with Gasteiger partial charge in [-0.1, -0.05) is 0 Å². The average Bonchev–Trinajstić information content (AvgIpc) is 3.41. The minimum absolute atomic E-state index is 0.182. The van der Waals surface area contributed by atoms with Gasteiger partial charge in [-0.3, -0.25) is 19.2 Å². The third-order valence-electron chi connectivity index (χ3n) is 7.00. The Morgan fingerprint density at radius 1 is 1.10 bits per heavy atom. The van der Waals surface area contributed by atoms with Crippen LogP contribution in [0, 0.1) is 6.92 Å². The molecule has 0 bridgehead atoms. The number of hydrogen-bond acceptors (Lipinski definition) is 8. The molecule has 0 saturated carbocycles. The van der Waals surface area contributed by atoms with Crippen molar-refractivity contribution in [2.75, 3.05) is 30.4 Å². The number of carbonyl (C=O) groups is 4. The van der Waals surface area contributed by atoms with E-state index in [9.17, 15) is 24.0 Å². The summed E-state index contributed by atoms with van der Waals surface area (Å²) >= 11 is 1.54. The van der Waals surface area contributed by atoms with Gasteiger partial charge in [-0.15, -0.1) is 0 Å². The van der Waals surface area contributed by atoms with E-state index in [0.717, 1.165) is 17.4 Å². The molecule has 11 nitrogen and oxygen atoms in total. The molecule has 1 fully saturated rings. The van der Waals surface area contributed by atoms with E-state index in [2.05, 4.69) is 16.0 Å². The van der Waals surface area contributed by atoms with Crippen LogP contribution < -0.4 is 27.3 Å². The van der Waals surface area contributed by atoms with E-state index in [1.165, 1.54) is 29.7 Å². The molecular weight excluding hydrogens is 534 g/mol. The highest BCUT2D eigenvalue weighted by Crippen LogP contribution is 2.21. The quantitative estimate of drug-likeness (QED) is 0.208. The Morgan fingerprint density at radius 3 is 2.55 bits per heavy atom. The molecule has 2 heterocycles. The highest BCUT2D eigenvalue weighted by molar-refractivity contribution is 7.98. The number of thioether (sulfide) groups is 1. The molecule has 1 saturated heterocycles. The molecule has 0 spiro atoms. The SMILES string of the molecule is CSCC[C@H](NC(=O)[C@H](CCCCN)NC(=O)[C@@H]1CCCN1C(C)=O)C(=O)Nc1ccc2c(C)cc(=O)oc2c1. The van der Waals surface area contributed by atoms with Crippen LogP contribution in [0.1, 0.15) is 51.0 Å². The van der Waals surface area contributed by atoms with E-state index in [1.54, 1.807) is 25.1 Å². The molecule has 1 aromatic carbocycles. The number of nitrogens with one attached hydrogen (secondary N) is 3. The summed E-state index contributed by atoms with van der Waals surface area (Å²) in [6.45, 7) is 4.19. The van der Waals surface area contributed by atoms with E-state index in [0.29, 0.717) is 62.2 Å². The minimum Gasteiger partial charge on any atom is -0.423 e. The lowest BCUT2D eigenvalue weighted by Crippen LogP contribution is -2.55. The van der Waals surface area contributed by atoms with Crippen LogP contribution in [0.25, 0.3) is 11.0 Å². The summed E-state index contributed by atoms with van der Waals surface area (Å²) in [5, 5.41) is 9.20. The first kappa shape index (κ1) is 31.2. The largest absolute Gasteiger partial charge is 0.423 e. The van der Waals surface area contributed by atoms with Gasteiger partial charge in [0.2, 0.25) is 23.6 Å². The van der Waals surface area contributed by atoms with Crippen LogP contribution in [0.4, 0.5) is 5.69 Å². The Morgan fingerprint density at radius 2 is 1.85 bits per heavy atom. The second-order valence-corrected chi connectivity index (χ2v) is 11.0. The van der Waals surface area contributed by atoms with Gasteiger partial charge in [0.1, 0.15) is 23.7 Å². The smallest absolute Gasteiger partial charge is 0.336 e. The predicted octanol–water partition coefficient (Wildman–Crippen LogP) is 1.90. The lowest BCUT2D eigenvalue weighted by Gasteiger charge is -2.27. The Labute approximate surface area is 238 Å². The standard InChI is InChI=1S/C28H39N5O6S/c1-17-15-25(35)39-24-16-19(9-10-20(17)24)30-26(36)22(11-14-40-3)31-27(37)21(7-4-5-12-29)32-28(38)23-8-6-13-33(23)18(2)34/h9-10,15-16,21-23H,4-8,11-14,29H2,1-3H3,(H,30,36)(H,31,37)(H,32,38)/t21-,22-,23-/m0/s1. The van der Waals surface area contributed by atoms with Crippen LogP contribution in [0.3, 0.4) is 0 Å². The third-order valence-corrected chi connectivity index (χ3v) is 7.65. The average molecular weight is 574 g/mol. The first-order chi connectivity index (χ1) is 19.1. The number of anilines is 1. The fraction of sp³-hybridized carbons (Fsp3) is 0.536. The predicted molar refractivity (Wildman–Crippen MR) is 156 cm³/mol. The van der Waals surface area contributed by atoms with Gasteiger partial charge in [-0.25, -0.2) is 4.79 Å². The monoisotopic (exact) mass is 573 g/mol. The number of aryl methyl sites for hydroxylation is 1. The number of nitrogens with two attached hydrogens (primary N) is 1. The highest BCUT2D eigenvalue weighted by Gasteiger charge is 2.35. The first-order valence-electron chi connectivity index (χ1n) is 13.6. The van der Waals surface area contributed by atoms with E-state index >= 15 is 0 Å². The van der Waals surface area contributed by atoms with Gasteiger partial charge >= 0.3 is 5.63 Å². The van der Waals surface area contributed by atoms with Crippen molar-refractivity contribution < 1.29 is 23.6 Å². The molecule has 40 heavy (non-hydrogen) atoms. The number of likely N-dealkylation sites (tertiary alicyclic amines) is 1. The summed E-state index contributed by atoms with van der Waals surface area (Å²) in [5.74, 6) is -0.844. The molecule has 3 atom stereocenters. The molecule has 5 N–H and O–H groups in total. The van der Waals surface area contributed by atoms with Gasteiger partial charge in [0, 0.05) is 36.7 Å². The fourth-order valence-electron chi connectivity index (χ4n) is 4.85. The number of carbonyl (C=O) groups excluding carboxylic acids is 4. The molecule has 1 aliphatic rings. The maximum absolute atomic E-state index is 13.4. The normalized spacial score (nSPS) is 16.4. The maximum atomic E-state index is 13.4. The van der Waals surface area contributed by atoms with Crippen LogP contribution in [0.2, 0.25) is 0 Å². The van der Waals surface area contributed by atoms with Gasteiger partial charge in [0.15, 0.2) is 0 Å². The van der Waals surface area contributed by atoms with Crippen molar-refractivity contribution in [3.8, 4) is 0 Å². The van der Waals surface area contributed by atoms with Crippen LogP contribution in [-0.4, -0.2) is 71.8 Å². The molecule has 0 unspecified atom stereocenters. The molecule has 1 aliphatic heterocycles. The summed E-state index contributed by atoms with van der Waals surface area (Å²) in [4.78, 5) is 65.0. The maximum Gasteiger partial charge on any atom is 0.336 e. The molecular formula is C28H39N5O6S. The van der Waals surface area contributed by atoms with Crippen molar-refractivity contribution in [1.29, 1.82) is 0 Å². The highest BCUT2D eigenvalue weighted by atomic mass is 32.2. The molecule has 0 aliphatic carbocycles. The minimum atomic E-state index is -0.879. The summed E-state index contributed by atoms with van der Waals surface area (Å²) in [5.41, 5.74) is 6.69. The third kappa shape index (κ3) is 8.31. The van der Waals surface area contributed by atoms with Gasteiger partial charge in [-0.2, -0.15) is 11.8 Å². The molecule has 1 aromatic heterocycles. The van der Waals surface area contributed by atoms with Gasteiger partial charge in [0.25, 0.3) is 0 Å². The molecule has 4 amide bonds. The van der Waals surface area contributed by atoms with Crippen molar-refractivity contribution in [1.82, 2.24) is 15.5 Å². The van der Waals surface area contributed by atoms with Crippen LogP contribution in [0.5, 0.6) is 0 Å². The van der Waals surface area contributed by atoms with Crippen LogP contribution in [-0.2, 0) is 19.2 Å². The van der Waals surface area contributed by atoms with E-state index < -0.39 is 35.6 Å². The zero-order chi connectivity index (χ0) is 29.2. The van der Waals surface area contributed by atoms with Gasteiger partial charge in [0.05, 0.1) is 0 Å². The summed E-state index contributed by atoms with van der Waals surface area (Å²) < 4.78 is 5.28. The van der Waals surface area contributed by atoms with Crippen molar-refractivity contribution in [2.45, 2.75) is 70.5 Å². The topological polar surface area (TPSA) is 164 Å². The zero-order valence-electron chi connectivity index (χ0n) is 23.3. The summed E-state index contributed by atoms with van der Waals surface area (Å²) in [7, 11) is 0. The van der Waals surface area contributed by atoms with E-state index in [4.69, 9.17) is 10.2 Å². The number of hydrogen-bond donors (Lipinski definition) is 4. The Hall–Kier alpha value is -3.38. The molecule has 12 heteroatoms. The number of unbranched alkanes of at least 4 members (excludes halogenated alkanes) is 1. The summed E-state index contributed by atoms with van der Waals surface area (Å²) in [6, 6.07) is 4.09. The molecule has 2 aromatic rings. The van der Waals surface area contributed by atoms with E-state index in [1.807, 2.05) is 6.26 Å². The molecule has 0 radical (unpaired) electrons. The molecule has 218 valence electrons. The van der Waals surface area contributed by atoms with Crippen LogP contribution in [0.15, 0.2) is 33.5 Å². The number of rotatable bonds is 13. The van der Waals surface area contributed by atoms with Crippen molar-refractivity contribution in [3.05, 3.63) is 40.2 Å². The molecule has 3 rings (SSSR count). The van der Waals surface area contributed by atoms with Crippen molar-refractivity contribution in [3.63, 3.8) is 0 Å². The lowest BCUT2D eigenvalue weighted by molar-refractivity contribution is -0.138. The Bertz CT molecular complexity index is 1280. The van der Waals surface area contributed by atoms with E-state index in [-0.39, 0.29) is 11.8 Å². The number of nitrogens with zero attached hydrogens (tertiary/aromatic N) is 1. The van der Waals surface area contributed by atoms with Crippen molar-refractivity contribution in [2.24, 2.45) is 5.73 Å². The second kappa shape index (κ2) is 14.8. The Kier molecular flexibility index (Phi) is 11.6. The zero-order valence-corrected chi connectivity index (χ0v) is 24.1. The second-order valence-electron chi connectivity index (χ2n) is 10.0. The van der Waals surface area contributed by atoms with Crippen molar-refractivity contribution >= 4 is 52.0 Å². The summed E-state index contributed by atoms with van der Waals surface area (Å²) in [6.07, 6.45) is 5.16. The first-order valence-corrected chi connectivity index (χ1v) is 15.0. The van der Waals surface area contributed by atoms with Gasteiger partial charge in [-0.05, 0) is 81.7 Å². The fourth-order valence-corrected chi connectivity index (χ4v) is 5.33. The number of amides is 4. The van der Waals surface area contributed by atoms with Crippen LogP contribution >= 0.6 is 11.8 Å². The number of fused-ring (bicyclic) bond motifs is 1.